The van der Waals surface area contributed by atoms with Gasteiger partial charge in [-0.2, -0.15) is 0 Å². The number of para-hydroxylation sites is 1. The van der Waals surface area contributed by atoms with Crippen LogP contribution in [0.1, 0.15) is 60.3 Å². The van der Waals surface area contributed by atoms with E-state index in [-0.39, 0.29) is 12.8 Å². The standard InChI is InChI=1S/C36H52N2O9/c1-8-33(4)22-26(40)36(43)34(5)25(39)14-16-32(2,3)30(34)29(45-27(41)15-17-38-20-18-37(7)19-21-38)31(35(36,6)47-33)46-28(42)23-44-24-12-10-9-11-13-24/h8-13,25,29-31,39,43H,1,14-23H2,2-7H3/t25-,29-,30-,31-,33-,34-,35+,36-/m0/s1. The average molecular weight is 657 g/mol. The highest BCUT2D eigenvalue weighted by Crippen LogP contribution is 2.67. The Bertz CT molecular complexity index is 1350. The van der Waals surface area contributed by atoms with Crippen LogP contribution in [0, 0.1) is 16.7 Å². The van der Waals surface area contributed by atoms with Gasteiger partial charge in [-0.15, -0.1) is 6.58 Å². The second-order valence-electron chi connectivity index (χ2n) is 15.2. The molecule has 4 aliphatic rings. The molecule has 2 saturated carbocycles. The summed E-state index contributed by atoms with van der Waals surface area (Å²) >= 11 is 0. The molecule has 4 fully saturated rings. The molecule has 5 rings (SSSR count). The summed E-state index contributed by atoms with van der Waals surface area (Å²) in [5.74, 6) is -2.19. The summed E-state index contributed by atoms with van der Waals surface area (Å²) in [6, 6.07) is 8.78. The van der Waals surface area contributed by atoms with Crippen LogP contribution in [0.25, 0.3) is 0 Å². The van der Waals surface area contributed by atoms with Crippen LogP contribution in [0.15, 0.2) is 43.0 Å². The van der Waals surface area contributed by atoms with Gasteiger partial charge in [-0.3, -0.25) is 9.59 Å². The van der Waals surface area contributed by atoms with E-state index in [1.807, 2.05) is 19.9 Å². The Balaban J connectivity index is 1.56. The van der Waals surface area contributed by atoms with E-state index in [1.54, 1.807) is 38.1 Å². The van der Waals surface area contributed by atoms with Crippen molar-refractivity contribution in [1.29, 1.82) is 0 Å². The minimum Gasteiger partial charge on any atom is -0.482 e. The van der Waals surface area contributed by atoms with E-state index in [9.17, 15) is 24.6 Å². The number of carbonyl (C=O) groups excluding carboxylic acids is 3. The second-order valence-corrected chi connectivity index (χ2v) is 15.2. The van der Waals surface area contributed by atoms with Gasteiger partial charge in [0, 0.05) is 50.5 Å². The van der Waals surface area contributed by atoms with Crippen LogP contribution in [-0.2, 0) is 28.6 Å². The highest BCUT2D eigenvalue weighted by atomic mass is 16.6. The lowest BCUT2D eigenvalue weighted by molar-refractivity contribution is -0.371. The van der Waals surface area contributed by atoms with Crippen LogP contribution < -0.4 is 4.74 Å². The van der Waals surface area contributed by atoms with E-state index in [1.165, 1.54) is 13.0 Å². The van der Waals surface area contributed by atoms with Crippen molar-refractivity contribution in [2.24, 2.45) is 16.7 Å². The van der Waals surface area contributed by atoms with Crippen molar-refractivity contribution in [3.05, 3.63) is 43.0 Å². The molecule has 47 heavy (non-hydrogen) atoms. The molecule has 2 saturated heterocycles. The molecule has 0 spiro atoms. The van der Waals surface area contributed by atoms with Gasteiger partial charge in [0.25, 0.3) is 0 Å². The van der Waals surface area contributed by atoms with Gasteiger partial charge in [0.2, 0.25) is 0 Å². The molecule has 0 aromatic heterocycles. The van der Waals surface area contributed by atoms with Crippen molar-refractivity contribution in [2.75, 3.05) is 46.4 Å². The monoisotopic (exact) mass is 656 g/mol. The second kappa shape index (κ2) is 12.9. The lowest BCUT2D eigenvalue weighted by Gasteiger charge is -2.71. The van der Waals surface area contributed by atoms with Gasteiger partial charge in [0.1, 0.15) is 17.5 Å². The zero-order valence-electron chi connectivity index (χ0n) is 28.7. The number of esters is 2. The normalized spacial score (nSPS) is 38.9. The number of benzene rings is 1. The van der Waals surface area contributed by atoms with Crippen LogP contribution in [0.3, 0.4) is 0 Å². The Morgan fingerprint density at radius 2 is 1.70 bits per heavy atom. The van der Waals surface area contributed by atoms with Crippen LogP contribution in [0.5, 0.6) is 5.75 Å². The fraction of sp³-hybridized carbons (Fsp3) is 0.694. The third-order valence-electron chi connectivity index (χ3n) is 11.6. The number of rotatable bonds is 9. The fourth-order valence-corrected chi connectivity index (χ4v) is 8.93. The summed E-state index contributed by atoms with van der Waals surface area (Å²) in [7, 11) is 2.07. The number of hydrogen-bond donors (Lipinski definition) is 2. The SMILES string of the molecule is C=C[C@@]1(C)CC(=O)[C@]2(O)[C@@]3(C)[C@@H](O)CCC(C)(C)[C@@H]3[C@H](OC(=O)CCN3CCN(C)CC3)[C@H](OC(=O)COc3ccccc3)[C@@]2(C)O1. The van der Waals surface area contributed by atoms with Gasteiger partial charge in [0.05, 0.1) is 18.1 Å². The van der Waals surface area contributed by atoms with Gasteiger partial charge in [-0.05, 0) is 51.3 Å². The molecule has 0 bridgehead atoms. The number of aliphatic hydroxyl groups is 2. The summed E-state index contributed by atoms with van der Waals surface area (Å²) in [5, 5.41) is 24.7. The molecular weight excluding hydrogens is 604 g/mol. The fourth-order valence-electron chi connectivity index (χ4n) is 8.93. The highest BCUT2D eigenvalue weighted by molar-refractivity contribution is 5.92. The van der Waals surface area contributed by atoms with Crippen molar-refractivity contribution in [2.45, 2.75) is 95.4 Å². The molecular formula is C36H52N2O9. The maximum absolute atomic E-state index is 14.3. The van der Waals surface area contributed by atoms with Crippen molar-refractivity contribution >= 4 is 17.7 Å². The molecule has 0 radical (unpaired) electrons. The number of Topliss-reactive ketones (excluding diaryl/α,β-unsaturated/α-hetero) is 1. The summed E-state index contributed by atoms with van der Waals surface area (Å²) < 4.78 is 24.9. The molecule has 260 valence electrons. The van der Waals surface area contributed by atoms with E-state index >= 15 is 0 Å². The number of fused-ring (bicyclic) bond motifs is 3. The molecule has 0 unspecified atom stereocenters. The molecule has 11 nitrogen and oxygen atoms in total. The Labute approximate surface area is 278 Å². The molecule has 2 aliphatic carbocycles. The van der Waals surface area contributed by atoms with E-state index in [2.05, 4.69) is 23.4 Å². The van der Waals surface area contributed by atoms with Crippen LogP contribution in [0.2, 0.25) is 0 Å². The number of carbonyl (C=O) groups is 3. The third kappa shape index (κ3) is 6.14. The maximum Gasteiger partial charge on any atom is 0.344 e. The zero-order chi connectivity index (χ0) is 34.4. The Hall–Kier alpha value is -2.83. The minimum absolute atomic E-state index is 0.0928. The molecule has 2 heterocycles. The summed E-state index contributed by atoms with van der Waals surface area (Å²) in [6.45, 7) is 16.2. The quantitative estimate of drug-likeness (QED) is 0.300. The average Bonchev–Trinajstić information content (AvgIpc) is 3.02. The molecule has 8 atom stereocenters. The van der Waals surface area contributed by atoms with Crippen LogP contribution in [0.4, 0.5) is 0 Å². The van der Waals surface area contributed by atoms with Crippen LogP contribution >= 0.6 is 0 Å². The van der Waals surface area contributed by atoms with Crippen molar-refractivity contribution < 1.29 is 43.5 Å². The Kier molecular flexibility index (Phi) is 9.73. The van der Waals surface area contributed by atoms with Gasteiger partial charge < -0.3 is 39.0 Å². The summed E-state index contributed by atoms with van der Waals surface area (Å²) in [5.41, 5.74) is -7.70. The number of nitrogens with zero attached hydrogens (tertiary/aromatic N) is 2. The van der Waals surface area contributed by atoms with Gasteiger partial charge in [-0.1, -0.05) is 45.0 Å². The maximum atomic E-state index is 14.3. The van der Waals surface area contributed by atoms with Crippen molar-refractivity contribution in [3.63, 3.8) is 0 Å². The largest absolute Gasteiger partial charge is 0.482 e. The number of ketones is 1. The number of hydrogen-bond acceptors (Lipinski definition) is 11. The predicted molar refractivity (Wildman–Crippen MR) is 174 cm³/mol. The van der Waals surface area contributed by atoms with Crippen LogP contribution in [-0.4, -0.2) is 119 Å². The number of likely N-dealkylation sites (N-methyl/N-ethyl adjacent to an activating group) is 1. The molecule has 1 aromatic rings. The van der Waals surface area contributed by atoms with E-state index in [0.29, 0.717) is 25.1 Å². The molecule has 2 aliphatic heterocycles. The van der Waals surface area contributed by atoms with Crippen molar-refractivity contribution in [3.8, 4) is 5.75 Å². The number of piperazine rings is 1. The van der Waals surface area contributed by atoms with E-state index < -0.39 is 76.2 Å². The van der Waals surface area contributed by atoms with E-state index in [4.69, 9.17) is 18.9 Å². The topological polar surface area (TPSA) is 135 Å². The van der Waals surface area contributed by atoms with Gasteiger partial charge >= 0.3 is 11.9 Å². The number of ether oxygens (including phenoxy) is 4. The lowest BCUT2D eigenvalue weighted by Crippen LogP contribution is -2.87. The first kappa shape index (κ1) is 35.5. The lowest BCUT2D eigenvalue weighted by atomic mass is 9.39. The third-order valence-corrected chi connectivity index (χ3v) is 11.6. The van der Waals surface area contributed by atoms with Crippen molar-refractivity contribution in [1.82, 2.24) is 9.80 Å². The minimum atomic E-state index is -2.32. The molecule has 11 heteroatoms. The smallest absolute Gasteiger partial charge is 0.344 e. The van der Waals surface area contributed by atoms with E-state index in [0.717, 1.165) is 26.2 Å². The molecule has 1 aromatic carbocycles. The summed E-state index contributed by atoms with van der Waals surface area (Å²) in [4.78, 5) is 46.1. The molecule has 2 N–H and O–H groups in total. The first-order valence-corrected chi connectivity index (χ1v) is 16.8. The van der Waals surface area contributed by atoms with Gasteiger partial charge in [0.15, 0.2) is 24.1 Å². The first-order valence-electron chi connectivity index (χ1n) is 16.8. The Morgan fingerprint density at radius 3 is 2.34 bits per heavy atom. The number of aliphatic hydroxyl groups excluding tert-OH is 1. The predicted octanol–water partition coefficient (Wildman–Crippen LogP) is 2.77. The van der Waals surface area contributed by atoms with Gasteiger partial charge in [-0.25, -0.2) is 4.79 Å². The molecule has 0 amide bonds. The highest BCUT2D eigenvalue weighted by Gasteiger charge is 2.82. The Morgan fingerprint density at radius 1 is 1.04 bits per heavy atom. The zero-order valence-corrected chi connectivity index (χ0v) is 28.7. The summed E-state index contributed by atoms with van der Waals surface area (Å²) in [6.07, 6.45) is -1.54. The first-order chi connectivity index (χ1) is 22.0.